The van der Waals surface area contributed by atoms with Gasteiger partial charge in [-0.15, -0.1) is 0 Å². The maximum absolute atomic E-state index is 2.49. The average Bonchev–Trinajstić information content (AvgIpc) is 3.73. The molecule has 0 amide bonds. The zero-order valence-electron chi connectivity index (χ0n) is 38.0. The summed E-state index contributed by atoms with van der Waals surface area (Å²) in [7, 11) is 0. The molecule has 0 saturated heterocycles. The van der Waals surface area contributed by atoms with Crippen LogP contribution in [0.15, 0.2) is 194 Å². The maximum Gasteiger partial charge on any atom is 0.0465 e. The van der Waals surface area contributed by atoms with Crippen molar-refractivity contribution < 1.29 is 0 Å². The number of anilines is 3. The molecule has 1 saturated carbocycles. The van der Waals surface area contributed by atoms with Crippen LogP contribution in [0.5, 0.6) is 0 Å². The van der Waals surface area contributed by atoms with Crippen molar-refractivity contribution in [1.29, 1.82) is 0 Å². The molecule has 0 spiro atoms. The van der Waals surface area contributed by atoms with Crippen LogP contribution in [-0.4, -0.2) is 0 Å². The molecular formula is C64H55N. The summed E-state index contributed by atoms with van der Waals surface area (Å²) in [4.78, 5) is 2.48. The molecule has 0 N–H and O–H groups in total. The molecule has 65 heavy (non-hydrogen) atoms. The zero-order chi connectivity index (χ0) is 43.9. The van der Waals surface area contributed by atoms with E-state index in [0.29, 0.717) is 5.92 Å². The van der Waals surface area contributed by atoms with Crippen LogP contribution < -0.4 is 4.90 Å². The standard InChI is InChI=1S/C64H55N/c1-63(2)57-24-14-13-22-54(57)55-38-31-47(40-59(55)63)52-23-15-25-58-62(52)56-39-36-50(41-60(56)64(58,3)4)65(48-32-26-43(27-33-48)42-16-7-5-8-17-42)49-34-28-45(29-35-49)53-37-30-44-18-11-12-21-51(44)61(53)46-19-9-6-10-20-46/h6,9-15,18-42H,5,7-8,16-17H2,1-4H3. The molecule has 1 fully saturated rings. The van der Waals surface area contributed by atoms with Gasteiger partial charge in [-0.3, -0.25) is 0 Å². The molecule has 0 aliphatic heterocycles. The molecule has 0 bridgehead atoms. The SMILES string of the molecule is CC1(C)c2ccccc2-c2ccc(-c3cccc4c3-c3ccc(N(c5ccc(-c6ccc7ccccc7c6-c6ccccc6)cc5)c5ccc(C6CCCCC6)cc5)cc3C4(C)C)cc21. The molecule has 1 nitrogen and oxygen atoms in total. The maximum atomic E-state index is 2.49. The molecule has 316 valence electrons. The fraction of sp³-hybridized carbons (Fsp3) is 0.188. The Kier molecular flexibility index (Phi) is 9.35. The highest BCUT2D eigenvalue weighted by Crippen LogP contribution is 2.55. The molecule has 0 unspecified atom stereocenters. The summed E-state index contributed by atoms with van der Waals surface area (Å²) in [5.41, 5.74) is 23.3. The molecule has 3 aliphatic rings. The largest absolute Gasteiger partial charge is 0.310 e. The smallest absolute Gasteiger partial charge is 0.0465 e. The molecule has 3 aliphatic carbocycles. The third kappa shape index (κ3) is 6.42. The molecule has 9 aromatic carbocycles. The first-order valence-corrected chi connectivity index (χ1v) is 23.9. The topological polar surface area (TPSA) is 3.24 Å². The fourth-order valence-corrected chi connectivity index (χ4v) is 12.0. The van der Waals surface area contributed by atoms with E-state index in [2.05, 4.69) is 227 Å². The van der Waals surface area contributed by atoms with E-state index in [9.17, 15) is 0 Å². The number of hydrogen-bond donors (Lipinski definition) is 0. The van der Waals surface area contributed by atoms with Gasteiger partial charge in [0, 0.05) is 27.9 Å². The number of rotatable bonds is 7. The van der Waals surface area contributed by atoms with Crippen molar-refractivity contribution in [3.05, 3.63) is 222 Å². The highest BCUT2D eigenvalue weighted by Gasteiger charge is 2.39. The van der Waals surface area contributed by atoms with Crippen molar-refractivity contribution in [2.24, 2.45) is 0 Å². The van der Waals surface area contributed by atoms with Gasteiger partial charge in [0.25, 0.3) is 0 Å². The first kappa shape index (κ1) is 39.6. The lowest BCUT2D eigenvalue weighted by Gasteiger charge is -2.29. The minimum absolute atomic E-state index is 0.0537. The Morgan fingerprint density at radius 3 is 1.74 bits per heavy atom. The Labute approximate surface area is 385 Å². The molecule has 0 aromatic heterocycles. The second-order valence-corrected chi connectivity index (χ2v) is 19.9. The summed E-state index contributed by atoms with van der Waals surface area (Å²) in [6.45, 7) is 9.59. The second-order valence-electron chi connectivity index (χ2n) is 19.9. The number of hydrogen-bond acceptors (Lipinski definition) is 1. The van der Waals surface area contributed by atoms with Crippen LogP contribution in [0.1, 0.15) is 93.5 Å². The van der Waals surface area contributed by atoms with Gasteiger partial charge in [0.15, 0.2) is 0 Å². The summed E-state index contributed by atoms with van der Waals surface area (Å²) in [5.74, 6) is 0.659. The quantitative estimate of drug-likeness (QED) is 0.155. The van der Waals surface area contributed by atoms with Crippen LogP contribution in [0.25, 0.3) is 66.4 Å². The summed E-state index contributed by atoms with van der Waals surface area (Å²) < 4.78 is 0. The lowest BCUT2D eigenvalue weighted by atomic mass is 9.80. The normalized spacial score (nSPS) is 15.6. The highest BCUT2D eigenvalue weighted by molar-refractivity contribution is 6.04. The third-order valence-electron chi connectivity index (χ3n) is 15.5. The zero-order valence-corrected chi connectivity index (χ0v) is 38.0. The Morgan fingerprint density at radius 2 is 0.938 bits per heavy atom. The lowest BCUT2D eigenvalue weighted by Crippen LogP contribution is -2.16. The van der Waals surface area contributed by atoms with Crippen LogP contribution in [0.4, 0.5) is 17.1 Å². The van der Waals surface area contributed by atoms with Gasteiger partial charge in [0.05, 0.1) is 0 Å². The molecule has 0 atom stereocenters. The van der Waals surface area contributed by atoms with Crippen molar-refractivity contribution in [3.8, 4) is 55.6 Å². The van der Waals surface area contributed by atoms with E-state index < -0.39 is 0 Å². The van der Waals surface area contributed by atoms with E-state index in [1.54, 1.807) is 0 Å². The van der Waals surface area contributed by atoms with Crippen LogP contribution in [0, 0.1) is 0 Å². The third-order valence-corrected chi connectivity index (χ3v) is 15.5. The monoisotopic (exact) mass is 837 g/mol. The van der Waals surface area contributed by atoms with E-state index in [1.165, 1.54) is 138 Å². The van der Waals surface area contributed by atoms with Crippen molar-refractivity contribution in [1.82, 2.24) is 0 Å². The predicted molar refractivity (Wildman–Crippen MR) is 276 cm³/mol. The number of nitrogens with zero attached hydrogens (tertiary/aromatic N) is 1. The van der Waals surface area contributed by atoms with Crippen LogP contribution in [0.3, 0.4) is 0 Å². The summed E-state index contributed by atoms with van der Waals surface area (Å²) in [5, 5.41) is 2.53. The number of benzene rings is 9. The van der Waals surface area contributed by atoms with E-state index in [1.807, 2.05) is 0 Å². The molecule has 12 rings (SSSR count). The molecular weight excluding hydrogens is 783 g/mol. The van der Waals surface area contributed by atoms with Gasteiger partial charge in [-0.25, -0.2) is 0 Å². The van der Waals surface area contributed by atoms with Gasteiger partial charge in [0.1, 0.15) is 0 Å². The van der Waals surface area contributed by atoms with Crippen LogP contribution in [0.2, 0.25) is 0 Å². The molecule has 9 aromatic rings. The minimum Gasteiger partial charge on any atom is -0.310 e. The van der Waals surface area contributed by atoms with Crippen LogP contribution in [-0.2, 0) is 10.8 Å². The molecule has 0 radical (unpaired) electrons. The van der Waals surface area contributed by atoms with E-state index in [4.69, 9.17) is 0 Å². The molecule has 1 heteroatoms. The van der Waals surface area contributed by atoms with Gasteiger partial charge in [0.2, 0.25) is 0 Å². The minimum atomic E-state index is -0.187. The second kappa shape index (κ2) is 15.3. The highest BCUT2D eigenvalue weighted by atomic mass is 15.1. The first-order valence-electron chi connectivity index (χ1n) is 23.9. The van der Waals surface area contributed by atoms with Gasteiger partial charge >= 0.3 is 0 Å². The summed E-state index contributed by atoms with van der Waals surface area (Å²) >= 11 is 0. The van der Waals surface area contributed by atoms with Gasteiger partial charge in [-0.2, -0.15) is 0 Å². The summed E-state index contributed by atoms with van der Waals surface area (Å²) in [6.07, 6.45) is 6.63. The fourth-order valence-electron chi connectivity index (χ4n) is 12.0. The van der Waals surface area contributed by atoms with Gasteiger partial charge in [-0.05, 0) is 155 Å². The Morgan fingerprint density at radius 1 is 0.369 bits per heavy atom. The van der Waals surface area contributed by atoms with E-state index in [-0.39, 0.29) is 10.8 Å². The van der Waals surface area contributed by atoms with Crippen molar-refractivity contribution in [2.75, 3.05) is 4.90 Å². The van der Waals surface area contributed by atoms with Crippen molar-refractivity contribution >= 4 is 27.8 Å². The average molecular weight is 838 g/mol. The lowest BCUT2D eigenvalue weighted by molar-refractivity contribution is 0.443. The Balaban J connectivity index is 0.966. The predicted octanol–water partition coefficient (Wildman–Crippen LogP) is 18.0. The Bertz CT molecular complexity index is 3270. The summed E-state index contributed by atoms with van der Waals surface area (Å²) in [6, 6.07) is 73.4. The van der Waals surface area contributed by atoms with Crippen molar-refractivity contribution in [3.63, 3.8) is 0 Å². The number of fused-ring (bicyclic) bond motifs is 7. The Hall–Kier alpha value is -6.96. The van der Waals surface area contributed by atoms with E-state index >= 15 is 0 Å². The van der Waals surface area contributed by atoms with Gasteiger partial charge in [-0.1, -0.05) is 199 Å². The molecule has 0 heterocycles. The van der Waals surface area contributed by atoms with Crippen LogP contribution >= 0.6 is 0 Å². The first-order chi connectivity index (χ1) is 31.8. The van der Waals surface area contributed by atoms with Crippen molar-refractivity contribution in [2.45, 2.75) is 76.5 Å². The van der Waals surface area contributed by atoms with Gasteiger partial charge < -0.3 is 4.90 Å². The van der Waals surface area contributed by atoms with E-state index in [0.717, 1.165) is 5.69 Å².